The number of likely N-dealkylation sites (tertiary alicyclic amines) is 1. The lowest BCUT2D eigenvalue weighted by molar-refractivity contribution is -0.137. The maximum absolute atomic E-state index is 12.7. The number of ether oxygens (including phenoxy) is 2. The molecule has 0 aromatic heterocycles. The topological polar surface area (TPSA) is 59.0 Å². The summed E-state index contributed by atoms with van der Waals surface area (Å²) in [5.41, 5.74) is 0.0613. The zero-order valence-electron chi connectivity index (χ0n) is 20.1. The van der Waals surface area contributed by atoms with Gasteiger partial charge in [-0.1, -0.05) is 31.8 Å². The Balaban J connectivity index is 1.78. The van der Waals surface area contributed by atoms with Crippen molar-refractivity contribution in [1.29, 1.82) is 0 Å². The van der Waals surface area contributed by atoms with Gasteiger partial charge < -0.3 is 19.5 Å². The van der Waals surface area contributed by atoms with Crippen LogP contribution < -0.4 is 9.47 Å². The van der Waals surface area contributed by atoms with E-state index in [1.54, 1.807) is 24.8 Å². The number of hydrogen-bond donors (Lipinski definition) is 1. The van der Waals surface area contributed by atoms with Crippen molar-refractivity contribution in [1.82, 2.24) is 4.90 Å². The standard InChI is InChI=1S/C27H29F3NO4/c1-5-25(33)31-16-22(26(3,17-31)18(2)32)20-10-13-23(34-4)24(15-20)35-14-6-7-19-8-11-21(12-9-19)27(28,29)30/h5,8-13,15,18,22,32H,14,16-17H2,1-4H3/t18-,22+,26+/m1/s1. The molecule has 2 aromatic rings. The third kappa shape index (κ3) is 5.91. The average Bonchev–Trinajstić information content (AvgIpc) is 3.20. The summed E-state index contributed by atoms with van der Waals surface area (Å²) < 4.78 is 49.3. The first-order valence-electron chi connectivity index (χ1n) is 11.2. The van der Waals surface area contributed by atoms with Gasteiger partial charge in [0.1, 0.15) is 6.61 Å². The molecule has 0 aliphatic carbocycles. The average molecular weight is 489 g/mol. The monoisotopic (exact) mass is 488 g/mol. The Kier molecular flexibility index (Phi) is 8.01. The largest absolute Gasteiger partial charge is 0.493 e. The summed E-state index contributed by atoms with van der Waals surface area (Å²) in [5.74, 6) is 6.34. The van der Waals surface area contributed by atoms with Crippen LogP contribution in [0.1, 0.15) is 43.4 Å². The van der Waals surface area contributed by atoms with E-state index in [0.717, 1.165) is 17.7 Å². The summed E-state index contributed by atoms with van der Waals surface area (Å²) in [6, 6.07) is 10.1. The molecule has 2 aromatic carbocycles. The first kappa shape index (κ1) is 26.4. The Hall–Kier alpha value is -3.18. The highest BCUT2D eigenvalue weighted by Gasteiger charge is 2.48. The number of carbonyl (C=O) groups is 1. The van der Waals surface area contributed by atoms with Crippen LogP contribution in [-0.2, 0) is 11.0 Å². The minimum absolute atomic E-state index is 0.00538. The molecular weight excluding hydrogens is 459 g/mol. The lowest BCUT2D eigenvalue weighted by atomic mass is 9.72. The van der Waals surface area contributed by atoms with Crippen molar-refractivity contribution in [2.45, 2.75) is 39.0 Å². The van der Waals surface area contributed by atoms with Crippen LogP contribution in [0.15, 0.2) is 42.5 Å². The quantitative estimate of drug-likeness (QED) is 0.600. The molecule has 1 aliphatic heterocycles. The summed E-state index contributed by atoms with van der Waals surface area (Å²) in [6.07, 6.45) is -3.52. The molecule has 3 atom stereocenters. The van der Waals surface area contributed by atoms with Gasteiger partial charge in [-0.2, -0.15) is 13.2 Å². The van der Waals surface area contributed by atoms with Crippen molar-refractivity contribution in [3.63, 3.8) is 0 Å². The van der Waals surface area contributed by atoms with Gasteiger partial charge in [0.2, 0.25) is 5.91 Å². The zero-order valence-corrected chi connectivity index (χ0v) is 20.1. The number of nitrogens with zero attached hydrogens (tertiary/aromatic N) is 1. The molecule has 0 spiro atoms. The highest BCUT2D eigenvalue weighted by molar-refractivity contribution is 5.84. The van der Waals surface area contributed by atoms with Crippen LogP contribution in [0.4, 0.5) is 13.2 Å². The van der Waals surface area contributed by atoms with E-state index >= 15 is 0 Å². The SMILES string of the molecule is C[CH]C(=O)N1C[C@@H](c2ccc(OC)c(OCC#Cc3ccc(C(F)(F)F)cc3)c2)[C@](C)([C@@H](C)O)C1. The second-order valence-electron chi connectivity index (χ2n) is 8.82. The highest BCUT2D eigenvalue weighted by atomic mass is 19.4. The van der Waals surface area contributed by atoms with Crippen molar-refractivity contribution < 1.29 is 32.5 Å². The molecule has 1 heterocycles. The second-order valence-corrected chi connectivity index (χ2v) is 8.82. The van der Waals surface area contributed by atoms with E-state index in [4.69, 9.17) is 9.47 Å². The van der Waals surface area contributed by atoms with E-state index in [-0.39, 0.29) is 18.4 Å². The van der Waals surface area contributed by atoms with Crippen molar-refractivity contribution in [3.8, 4) is 23.3 Å². The first-order valence-corrected chi connectivity index (χ1v) is 11.2. The van der Waals surface area contributed by atoms with Crippen LogP contribution in [0, 0.1) is 23.7 Å². The molecule has 0 saturated carbocycles. The Bertz CT molecular complexity index is 1100. The van der Waals surface area contributed by atoms with E-state index in [9.17, 15) is 23.1 Å². The van der Waals surface area contributed by atoms with Crippen LogP contribution in [0.25, 0.3) is 0 Å². The van der Waals surface area contributed by atoms with E-state index in [0.29, 0.717) is 30.2 Å². The van der Waals surface area contributed by atoms with Gasteiger partial charge in [-0.25, -0.2) is 0 Å². The molecule has 1 amide bonds. The Morgan fingerprint density at radius 2 is 1.94 bits per heavy atom. The third-order valence-electron chi connectivity index (χ3n) is 6.58. The minimum Gasteiger partial charge on any atom is -0.493 e. The highest BCUT2D eigenvalue weighted by Crippen LogP contribution is 2.47. The molecule has 3 rings (SSSR count). The number of amides is 1. The molecule has 35 heavy (non-hydrogen) atoms. The predicted molar refractivity (Wildman–Crippen MR) is 126 cm³/mol. The number of aliphatic hydroxyl groups is 1. The molecule has 1 saturated heterocycles. The van der Waals surface area contributed by atoms with Crippen LogP contribution in [0.2, 0.25) is 0 Å². The number of alkyl halides is 3. The molecule has 0 unspecified atom stereocenters. The van der Waals surface area contributed by atoms with Gasteiger partial charge in [0.05, 0.1) is 18.8 Å². The Morgan fingerprint density at radius 3 is 2.51 bits per heavy atom. The summed E-state index contributed by atoms with van der Waals surface area (Å²) >= 11 is 0. The van der Waals surface area contributed by atoms with E-state index < -0.39 is 23.3 Å². The molecular formula is C27H29F3NO4. The number of hydrogen-bond acceptors (Lipinski definition) is 4. The number of aliphatic hydroxyl groups excluding tert-OH is 1. The third-order valence-corrected chi connectivity index (χ3v) is 6.58. The lowest BCUT2D eigenvalue weighted by Crippen LogP contribution is -2.38. The molecule has 1 N–H and O–H groups in total. The molecule has 8 heteroatoms. The normalized spacial score (nSPS) is 20.7. The van der Waals surface area contributed by atoms with E-state index in [2.05, 4.69) is 11.8 Å². The number of halogens is 3. The van der Waals surface area contributed by atoms with Crippen LogP contribution in [-0.4, -0.2) is 48.8 Å². The summed E-state index contributed by atoms with van der Waals surface area (Å²) in [4.78, 5) is 14.0. The van der Waals surface area contributed by atoms with Crippen LogP contribution in [0.5, 0.6) is 11.5 Å². The first-order chi connectivity index (χ1) is 16.5. The van der Waals surface area contributed by atoms with Gasteiger partial charge in [-0.15, -0.1) is 0 Å². The molecule has 1 radical (unpaired) electrons. The number of benzene rings is 2. The molecule has 1 fully saturated rings. The number of carbonyl (C=O) groups excluding carboxylic acids is 1. The van der Waals surface area contributed by atoms with Gasteiger partial charge in [-0.3, -0.25) is 4.79 Å². The van der Waals surface area contributed by atoms with Gasteiger partial charge in [0.25, 0.3) is 0 Å². The lowest BCUT2D eigenvalue weighted by Gasteiger charge is -2.33. The van der Waals surface area contributed by atoms with Gasteiger partial charge >= 0.3 is 6.18 Å². The summed E-state index contributed by atoms with van der Waals surface area (Å²) in [7, 11) is 1.52. The van der Waals surface area contributed by atoms with Crippen molar-refractivity contribution in [2.24, 2.45) is 5.41 Å². The molecule has 5 nitrogen and oxygen atoms in total. The molecule has 1 aliphatic rings. The van der Waals surface area contributed by atoms with Gasteiger partial charge in [0, 0.05) is 36.4 Å². The molecule has 187 valence electrons. The fraction of sp³-hybridized carbons (Fsp3) is 0.407. The smallest absolute Gasteiger partial charge is 0.416 e. The fourth-order valence-electron chi connectivity index (χ4n) is 4.29. The van der Waals surface area contributed by atoms with Crippen LogP contribution in [0.3, 0.4) is 0 Å². The van der Waals surface area contributed by atoms with Gasteiger partial charge in [0.15, 0.2) is 11.5 Å². The van der Waals surface area contributed by atoms with Crippen molar-refractivity contribution >= 4 is 5.91 Å². The summed E-state index contributed by atoms with van der Waals surface area (Å²) in [6.45, 7) is 6.28. The number of rotatable bonds is 6. The van der Waals surface area contributed by atoms with E-state index in [1.807, 2.05) is 19.1 Å². The van der Waals surface area contributed by atoms with Crippen LogP contribution >= 0.6 is 0 Å². The minimum atomic E-state index is -4.39. The van der Waals surface area contributed by atoms with E-state index in [1.165, 1.54) is 25.7 Å². The maximum Gasteiger partial charge on any atom is 0.416 e. The Morgan fingerprint density at radius 1 is 1.26 bits per heavy atom. The predicted octanol–water partition coefficient (Wildman–Crippen LogP) is 4.68. The van der Waals surface area contributed by atoms with Crippen molar-refractivity contribution in [2.75, 3.05) is 26.8 Å². The Labute approximate surface area is 203 Å². The summed E-state index contributed by atoms with van der Waals surface area (Å²) in [5, 5.41) is 10.5. The molecule has 0 bridgehead atoms. The maximum atomic E-state index is 12.7. The van der Waals surface area contributed by atoms with Crippen molar-refractivity contribution in [3.05, 3.63) is 65.6 Å². The van der Waals surface area contributed by atoms with Gasteiger partial charge in [-0.05, 0) is 48.9 Å². The zero-order chi connectivity index (χ0) is 25.8. The fourth-order valence-corrected chi connectivity index (χ4v) is 4.29. The number of methoxy groups -OCH3 is 1. The second kappa shape index (κ2) is 10.6.